The first-order chi connectivity index (χ1) is 31.0. The smallest absolute Gasteiger partial charge is 0.212 e. The van der Waals surface area contributed by atoms with Gasteiger partial charge in [-0.25, -0.2) is 0 Å². The van der Waals surface area contributed by atoms with E-state index in [1.54, 1.807) is 72.8 Å². The molecule has 0 aliphatic carbocycles. The Morgan fingerprint density at radius 1 is 0.422 bits per heavy atom. The minimum atomic E-state index is -1.67. The Hall–Kier alpha value is -7.66. The molecule has 0 bridgehead atoms. The van der Waals surface area contributed by atoms with Crippen LogP contribution in [0.1, 0.15) is 39.5 Å². The highest BCUT2D eigenvalue weighted by atomic mass is 16.5. The topological polar surface area (TPSA) is 147 Å². The van der Waals surface area contributed by atoms with Crippen LogP contribution in [-0.2, 0) is 32.1 Å². The maximum Gasteiger partial charge on any atom is 0.212 e. The Morgan fingerprint density at radius 3 is 1.30 bits per heavy atom. The van der Waals surface area contributed by atoms with Gasteiger partial charge in [0.25, 0.3) is 0 Å². The third-order valence-electron chi connectivity index (χ3n) is 9.94. The summed E-state index contributed by atoms with van der Waals surface area (Å²) in [7, 11) is 0. The number of rotatable bonds is 23. The van der Waals surface area contributed by atoms with Crippen LogP contribution in [-0.4, -0.2) is 38.2 Å². The Morgan fingerprint density at radius 2 is 0.812 bits per heavy atom. The molecule has 0 heterocycles. The molecule has 0 aliphatic rings. The van der Waals surface area contributed by atoms with Gasteiger partial charge < -0.3 is 49.2 Å². The molecule has 0 radical (unpaired) electrons. The highest BCUT2D eigenvalue weighted by molar-refractivity contribution is 5.61. The van der Waals surface area contributed by atoms with Crippen LogP contribution in [0.25, 0.3) is 0 Å². The molecule has 10 heteroatoms. The molecule has 0 saturated heterocycles. The van der Waals surface area contributed by atoms with E-state index in [9.17, 15) is 25.5 Å². The summed E-state index contributed by atoms with van der Waals surface area (Å²) in [5, 5.41) is 55.9. The zero-order chi connectivity index (χ0) is 45.6. The molecule has 64 heavy (non-hydrogen) atoms. The van der Waals surface area contributed by atoms with Crippen molar-refractivity contribution >= 4 is 0 Å². The highest BCUT2D eigenvalue weighted by Gasteiger charge is 2.26. The first-order valence-corrected chi connectivity index (χ1v) is 20.6. The second-order valence-corrected chi connectivity index (χ2v) is 14.9. The number of aliphatic hydroxyl groups excluding tert-OH is 2. The van der Waals surface area contributed by atoms with Crippen LogP contribution < -0.4 is 23.7 Å². The molecule has 0 saturated carbocycles. The zero-order valence-electron chi connectivity index (χ0n) is 35.5. The van der Waals surface area contributed by atoms with E-state index in [1.165, 1.54) is 6.07 Å². The fraction of sp³-hybridized carbons (Fsp3) is 0.148. The molecule has 6 rings (SSSR count). The summed E-state index contributed by atoms with van der Waals surface area (Å²) < 4.78 is 31.1. The third kappa shape index (κ3) is 11.8. The molecule has 0 amide bonds. The second kappa shape index (κ2) is 21.9. The lowest BCUT2D eigenvalue weighted by atomic mass is 10.0. The van der Waals surface area contributed by atoms with Crippen LogP contribution >= 0.6 is 0 Å². The summed E-state index contributed by atoms with van der Waals surface area (Å²) in [4.78, 5) is 0. The van der Waals surface area contributed by atoms with Crippen LogP contribution in [0.15, 0.2) is 172 Å². The number of aliphatic hydroxyl groups is 2. The number of allylic oxidation sites excluding steroid dienone is 5. The molecule has 328 valence electrons. The summed E-state index contributed by atoms with van der Waals surface area (Å²) in [5.41, 5.74) is 4.53. The van der Waals surface area contributed by atoms with Gasteiger partial charge in [0.1, 0.15) is 36.1 Å². The lowest BCUT2D eigenvalue weighted by Gasteiger charge is -2.22. The standard InChI is InChI=1S/C54H52O10/c1-6-11-35-16-22-41(23-17-35)61-47-29-38(14-9-4)28-46(53(47)59)60-34-45(56)51(57)40-32-44(55)52(58)48(33-40)64-50-31-39(15-10-5)30-49(62-42-24-18-36(12-7-2)19-25-42)54(50)63-43-26-20-37(13-8-3)21-27-43/h6-10,16-33,45,51,55-59H,1-5,11-15,34H2/t45-,51-/m1/s1. The molecule has 10 nitrogen and oxygen atoms in total. The summed E-state index contributed by atoms with van der Waals surface area (Å²) in [6.45, 7) is 18.6. The first kappa shape index (κ1) is 45.9. The van der Waals surface area contributed by atoms with Crippen molar-refractivity contribution in [1.82, 2.24) is 0 Å². The van der Waals surface area contributed by atoms with Gasteiger partial charge in [-0.15, -0.1) is 32.9 Å². The van der Waals surface area contributed by atoms with E-state index in [0.29, 0.717) is 54.9 Å². The number of aromatic hydroxyl groups is 3. The van der Waals surface area contributed by atoms with Gasteiger partial charge in [-0.05, 0) is 138 Å². The van der Waals surface area contributed by atoms with Crippen LogP contribution in [0.5, 0.6) is 69.0 Å². The lowest BCUT2D eigenvalue weighted by Crippen LogP contribution is -2.25. The van der Waals surface area contributed by atoms with Crippen molar-refractivity contribution < 1.29 is 49.2 Å². The number of ether oxygens (including phenoxy) is 5. The predicted molar refractivity (Wildman–Crippen MR) is 250 cm³/mol. The van der Waals surface area contributed by atoms with Gasteiger partial charge in [-0.3, -0.25) is 0 Å². The number of benzene rings is 6. The highest BCUT2D eigenvalue weighted by Crippen LogP contribution is 2.49. The molecule has 6 aromatic rings. The maximum atomic E-state index is 11.4. The monoisotopic (exact) mass is 860 g/mol. The van der Waals surface area contributed by atoms with Gasteiger partial charge >= 0.3 is 0 Å². The van der Waals surface area contributed by atoms with E-state index in [2.05, 4.69) is 32.9 Å². The number of phenolic OH excluding ortho intramolecular Hbond substituents is 3. The minimum Gasteiger partial charge on any atom is -0.504 e. The van der Waals surface area contributed by atoms with Crippen LogP contribution in [0.3, 0.4) is 0 Å². The van der Waals surface area contributed by atoms with Crippen molar-refractivity contribution in [3.8, 4) is 69.0 Å². The van der Waals surface area contributed by atoms with Crippen molar-refractivity contribution in [3.63, 3.8) is 0 Å². The molecule has 0 aromatic heterocycles. The molecule has 6 aromatic carbocycles. The Balaban J connectivity index is 1.29. The van der Waals surface area contributed by atoms with Crippen LogP contribution in [0.4, 0.5) is 0 Å². The summed E-state index contributed by atoms with van der Waals surface area (Å²) in [5.74, 6) is 0.228. The Labute approximate surface area is 373 Å². The Kier molecular flexibility index (Phi) is 15.7. The van der Waals surface area contributed by atoms with Gasteiger partial charge in [0.05, 0.1) is 0 Å². The summed E-state index contributed by atoms with van der Waals surface area (Å²) in [6, 6.07) is 31.4. The molecule has 0 aliphatic heterocycles. The van der Waals surface area contributed by atoms with Crippen molar-refractivity contribution in [2.75, 3.05) is 6.61 Å². The van der Waals surface area contributed by atoms with Gasteiger partial charge in [-0.1, -0.05) is 66.8 Å². The SMILES string of the molecule is C=CCc1ccc(Oc2cc(CC=C)cc(OC[C@@H](O)[C@H](O)c3cc(O)c(O)c(Oc4cc(CC=C)cc(Oc5ccc(CC=C)cc5)c4Oc4ccc(CC=C)cc4)c3)c2O)cc1. The quantitative estimate of drug-likeness (QED) is 0.0311. The predicted octanol–water partition coefficient (Wildman–Crippen LogP) is 12.1. The van der Waals surface area contributed by atoms with E-state index in [-0.39, 0.29) is 45.8 Å². The summed E-state index contributed by atoms with van der Waals surface area (Å²) in [6.07, 6.45) is 8.43. The number of hydrogen-bond acceptors (Lipinski definition) is 10. The van der Waals surface area contributed by atoms with Crippen molar-refractivity contribution in [3.05, 3.63) is 206 Å². The molecule has 0 fully saturated rings. The van der Waals surface area contributed by atoms with Crippen molar-refractivity contribution in [1.29, 1.82) is 0 Å². The lowest BCUT2D eigenvalue weighted by molar-refractivity contribution is -0.00966. The molecule has 0 unspecified atom stereocenters. The molecule has 5 N–H and O–H groups in total. The van der Waals surface area contributed by atoms with Gasteiger partial charge in [0, 0.05) is 0 Å². The largest absolute Gasteiger partial charge is 0.504 e. The minimum absolute atomic E-state index is 0.00513. The van der Waals surface area contributed by atoms with Gasteiger partial charge in [0.2, 0.25) is 17.2 Å². The fourth-order valence-electron chi connectivity index (χ4n) is 6.70. The van der Waals surface area contributed by atoms with Crippen molar-refractivity contribution in [2.45, 2.75) is 44.3 Å². The third-order valence-corrected chi connectivity index (χ3v) is 9.94. The average molecular weight is 861 g/mol. The first-order valence-electron chi connectivity index (χ1n) is 20.6. The molecule has 2 atom stereocenters. The van der Waals surface area contributed by atoms with Gasteiger partial charge in [0.15, 0.2) is 34.5 Å². The molecule has 0 spiro atoms. The van der Waals surface area contributed by atoms with E-state index in [1.807, 2.05) is 54.6 Å². The summed E-state index contributed by atoms with van der Waals surface area (Å²) >= 11 is 0. The number of hydrogen-bond donors (Lipinski definition) is 5. The van der Waals surface area contributed by atoms with E-state index in [0.717, 1.165) is 28.3 Å². The molecular formula is C54H52O10. The Bertz CT molecular complexity index is 2580. The normalized spacial score (nSPS) is 11.7. The van der Waals surface area contributed by atoms with Crippen LogP contribution in [0, 0.1) is 0 Å². The van der Waals surface area contributed by atoms with E-state index in [4.69, 9.17) is 23.7 Å². The second-order valence-electron chi connectivity index (χ2n) is 14.9. The van der Waals surface area contributed by atoms with E-state index < -0.39 is 30.3 Å². The maximum absolute atomic E-state index is 11.4. The van der Waals surface area contributed by atoms with Crippen molar-refractivity contribution in [2.24, 2.45) is 0 Å². The molecular weight excluding hydrogens is 809 g/mol. The van der Waals surface area contributed by atoms with Gasteiger partial charge in [-0.2, -0.15) is 0 Å². The zero-order valence-corrected chi connectivity index (χ0v) is 35.5. The van der Waals surface area contributed by atoms with Crippen LogP contribution in [0.2, 0.25) is 0 Å². The number of phenols is 3. The van der Waals surface area contributed by atoms with E-state index >= 15 is 0 Å². The fourth-order valence-corrected chi connectivity index (χ4v) is 6.70. The average Bonchev–Trinajstić information content (AvgIpc) is 3.28.